The number of aromatic nitrogens is 1. The molecule has 6 aromatic rings. The van der Waals surface area contributed by atoms with E-state index in [9.17, 15) is 0 Å². The summed E-state index contributed by atoms with van der Waals surface area (Å²) < 4.78 is 2.25. The van der Waals surface area contributed by atoms with Gasteiger partial charge in [0.1, 0.15) is 0 Å². The summed E-state index contributed by atoms with van der Waals surface area (Å²) in [6.07, 6.45) is 2.16. The van der Waals surface area contributed by atoms with Crippen LogP contribution in [-0.2, 0) is 6.54 Å². The molecule has 0 bridgehead atoms. The standard InChI is InChI=1S/C31H25N3/c32-21-22-13-15-24(16-14-22)33-29-17-18-30-28(19-20-34(30)25-9-2-1-3-10-25)31(29)27-12-6-8-23-7-4-5-11-26(23)27/h1-20,33H,21,32H2. The van der Waals surface area contributed by atoms with Gasteiger partial charge in [-0.25, -0.2) is 0 Å². The van der Waals surface area contributed by atoms with E-state index in [0.29, 0.717) is 6.54 Å². The Morgan fingerprint density at radius 3 is 2.24 bits per heavy atom. The third kappa shape index (κ3) is 3.53. The molecule has 3 nitrogen and oxygen atoms in total. The normalized spacial score (nSPS) is 11.2. The van der Waals surface area contributed by atoms with Crippen molar-refractivity contribution in [1.82, 2.24) is 4.57 Å². The Labute approximate surface area is 199 Å². The summed E-state index contributed by atoms with van der Waals surface area (Å²) in [5.41, 5.74) is 13.8. The van der Waals surface area contributed by atoms with Crippen molar-refractivity contribution in [3.8, 4) is 16.8 Å². The molecule has 0 fully saturated rings. The van der Waals surface area contributed by atoms with Crippen molar-refractivity contribution in [2.75, 3.05) is 5.32 Å². The molecule has 5 aromatic carbocycles. The molecule has 0 radical (unpaired) electrons. The van der Waals surface area contributed by atoms with Gasteiger partial charge in [-0.05, 0) is 64.4 Å². The third-order valence-electron chi connectivity index (χ3n) is 6.43. The monoisotopic (exact) mass is 439 g/mol. The Balaban J connectivity index is 1.59. The summed E-state index contributed by atoms with van der Waals surface area (Å²) in [5.74, 6) is 0. The van der Waals surface area contributed by atoms with Gasteiger partial charge in [-0.1, -0.05) is 72.8 Å². The highest BCUT2D eigenvalue weighted by Crippen LogP contribution is 2.41. The number of fused-ring (bicyclic) bond motifs is 2. The largest absolute Gasteiger partial charge is 0.355 e. The first-order valence-corrected chi connectivity index (χ1v) is 11.6. The molecule has 0 amide bonds. The SMILES string of the molecule is NCc1ccc(Nc2ccc3c(ccn3-c3ccccc3)c2-c2cccc3ccccc23)cc1. The van der Waals surface area contributed by atoms with Crippen LogP contribution in [0.15, 0.2) is 121 Å². The van der Waals surface area contributed by atoms with Crippen molar-refractivity contribution < 1.29 is 0 Å². The van der Waals surface area contributed by atoms with Crippen LogP contribution < -0.4 is 11.1 Å². The molecule has 164 valence electrons. The number of anilines is 2. The van der Waals surface area contributed by atoms with E-state index in [4.69, 9.17) is 5.73 Å². The molecular weight excluding hydrogens is 414 g/mol. The van der Waals surface area contributed by atoms with Crippen LogP contribution in [0.4, 0.5) is 11.4 Å². The van der Waals surface area contributed by atoms with Crippen molar-refractivity contribution in [3.05, 3.63) is 127 Å². The van der Waals surface area contributed by atoms with Gasteiger partial charge >= 0.3 is 0 Å². The predicted molar refractivity (Wildman–Crippen MR) is 144 cm³/mol. The van der Waals surface area contributed by atoms with Gasteiger partial charge in [-0.2, -0.15) is 0 Å². The zero-order valence-electron chi connectivity index (χ0n) is 18.8. The van der Waals surface area contributed by atoms with Crippen molar-refractivity contribution >= 4 is 33.1 Å². The Morgan fingerprint density at radius 2 is 1.41 bits per heavy atom. The van der Waals surface area contributed by atoms with Crippen molar-refractivity contribution in [2.24, 2.45) is 5.73 Å². The molecule has 34 heavy (non-hydrogen) atoms. The number of nitrogens with one attached hydrogen (secondary N) is 1. The lowest BCUT2D eigenvalue weighted by atomic mass is 9.94. The van der Waals surface area contributed by atoms with Crippen LogP contribution in [0.2, 0.25) is 0 Å². The highest BCUT2D eigenvalue weighted by molar-refractivity contribution is 6.10. The summed E-state index contributed by atoms with van der Waals surface area (Å²) >= 11 is 0. The highest BCUT2D eigenvalue weighted by Gasteiger charge is 2.16. The number of nitrogens with two attached hydrogens (primary N) is 1. The molecule has 1 heterocycles. The predicted octanol–water partition coefficient (Wildman–Crippen LogP) is 7.65. The maximum Gasteiger partial charge on any atom is 0.0536 e. The van der Waals surface area contributed by atoms with Crippen LogP contribution in [-0.4, -0.2) is 4.57 Å². The zero-order chi connectivity index (χ0) is 22.9. The minimum absolute atomic E-state index is 0.542. The molecule has 6 rings (SSSR count). The summed E-state index contributed by atoms with van der Waals surface area (Å²) in [6.45, 7) is 0.542. The fraction of sp³-hybridized carbons (Fsp3) is 0.0323. The first-order valence-electron chi connectivity index (χ1n) is 11.6. The molecule has 0 spiro atoms. The number of benzene rings is 5. The van der Waals surface area contributed by atoms with E-state index in [2.05, 4.69) is 131 Å². The summed E-state index contributed by atoms with van der Waals surface area (Å²) in [5, 5.41) is 7.37. The first-order chi connectivity index (χ1) is 16.8. The topological polar surface area (TPSA) is 43.0 Å². The molecule has 3 heteroatoms. The van der Waals surface area contributed by atoms with Crippen LogP contribution in [0, 0.1) is 0 Å². The van der Waals surface area contributed by atoms with Gasteiger partial charge in [0.25, 0.3) is 0 Å². The highest BCUT2D eigenvalue weighted by atomic mass is 15.0. The average Bonchev–Trinajstić information content (AvgIpc) is 3.33. The summed E-state index contributed by atoms with van der Waals surface area (Å²) in [7, 11) is 0. The second-order valence-corrected chi connectivity index (χ2v) is 8.49. The van der Waals surface area contributed by atoms with Crippen molar-refractivity contribution in [3.63, 3.8) is 0 Å². The maximum atomic E-state index is 5.80. The van der Waals surface area contributed by atoms with Crippen LogP contribution in [0.3, 0.4) is 0 Å². The van der Waals surface area contributed by atoms with Crippen LogP contribution in [0.25, 0.3) is 38.5 Å². The molecule has 0 aliphatic heterocycles. The van der Waals surface area contributed by atoms with Gasteiger partial charge in [-0.3, -0.25) is 0 Å². The van der Waals surface area contributed by atoms with E-state index >= 15 is 0 Å². The molecule has 0 unspecified atom stereocenters. The molecular formula is C31H25N3. The number of hydrogen-bond acceptors (Lipinski definition) is 2. The molecule has 1 aromatic heterocycles. The number of para-hydroxylation sites is 1. The molecule has 0 atom stereocenters. The van der Waals surface area contributed by atoms with Gasteiger partial charge in [0.15, 0.2) is 0 Å². The van der Waals surface area contributed by atoms with Crippen LogP contribution in [0.5, 0.6) is 0 Å². The smallest absolute Gasteiger partial charge is 0.0536 e. The molecule has 0 aliphatic rings. The van der Waals surface area contributed by atoms with Crippen LogP contribution in [0.1, 0.15) is 5.56 Å². The summed E-state index contributed by atoms with van der Waals surface area (Å²) in [4.78, 5) is 0. The van der Waals surface area contributed by atoms with Gasteiger partial charge in [-0.15, -0.1) is 0 Å². The fourth-order valence-corrected chi connectivity index (χ4v) is 4.75. The van der Waals surface area contributed by atoms with E-state index in [1.165, 1.54) is 32.8 Å². The molecule has 0 saturated heterocycles. The van der Waals surface area contributed by atoms with E-state index < -0.39 is 0 Å². The average molecular weight is 440 g/mol. The minimum atomic E-state index is 0.542. The van der Waals surface area contributed by atoms with E-state index in [0.717, 1.165) is 22.6 Å². The molecule has 0 aliphatic carbocycles. The lowest BCUT2D eigenvalue weighted by Gasteiger charge is -2.17. The number of hydrogen-bond donors (Lipinski definition) is 2. The van der Waals surface area contributed by atoms with Gasteiger partial charge in [0.2, 0.25) is 0 Å². The quantitative estimate of drug-likeness (QED) is 0.290. The Hall–Kier alpha value is -4.34. The van der Waals surface area contributed by atoms with Gasteiger partial charge in [0.05, 0.1) is 5.52 Å². The third-order valence-corrected chi connectivity index (χ3v) is 6.43. The second kappa shape index (κ2) is 8.54. The molecule has 3 N–H and O–H groups in total. The van der Waals surface area contributed by atoms with Gasteiger partial charge in [0, 0.05) is 40.8 Å². The first kappa shape index (κ1) is 20.3. The minimum Gasteiger partial charge on any atom is -0.355 e. The second-order valence-electron chi connectivity index (χ2n) is 8.49. The van der Waals surface area contributed by atoms with Crippen molar-refractivity contribution in [1.29, 1.82) is 0 Å². The lowest BCUT2D eigenvalue weighted by molar-refractivity contribution is 1.07. The van der Waals surface area contributed by atoms with E-state index in [1.807, 2.05) is 0 Å². The summed E-state index contributed by atoms with van der Waals surface area (Å²) in [6, 6.07) is 40.6. The number of nitrogens with zero attached hydrogens (tertiary/aromatic N) is 1. The van der Waals surface area contributed by atoms with Crippen LogP contribution >= 0.6 is 0 Å². The molecule has 0 saturated carbocycles. The number of rotatable bonds is 5. The fourth-order valence-electron chi connectivity index (χ4n) is 4.75. The van der Waals surface area contributed by atoms with Gasteiger partial charge < -0.3 is 15.6 Å². The van der Waals surface area contributed by atoms with E-state index in [1.54, 1.807) is 0 Å². The van der Waals surface area contributed by atoms with Crippen molar-refractivity contribution in [2.45, 2.75) is 6.54 Å². The Bertz CT molecular complexity index is 1590. The Morgan fingerprint density at radius 1 is 0.647 bits per heavy atom. The zero-order valence-corrected chi connectivity index (χ0v) is 18.8. The maximum absolute atomic E-state index is 5.80. The lowest BCUT2D eigenvalue weighted by Crippen LogP contribution is -1.98. The van der Waals surface area contributed by atoms with E-state index in [-0.39, 0.29) is 0 Å². The Kier molecular flexibility index (Phi) is 5.10.